The minimum Gasteiger partial charge on any atom is -0.443 e. The summed E-state index contributed by atoms with van der Waals surface area (Å²) in [7, 11) is 0. The van der Waals surface area contributed by atoms with E-state index < -0.39 is 5.60 Å². The Kier molecular flexibility index (Phi) is 4.52. The molecule has 2 heterocycles. The molecule has 28 heavy (non-hydrogen) atoms. The van der Waals surface area contributed by atoms with E-state index in [9.17, 15) is 9.18 Å². The number of fused-ring (bicyclic) bond motifs is 3. The van der Waals surface area contributed by atoms with Crippen molar-refractivity contribution in [1.29, 1.82) is 0 Å². The lowest BCUT2D eigenvalue weighted by atomic mass is 10.1. The van der Waals surface area contributed by atoms with E-state index in [4.69, 9.17) is 9.72 Å². The topological polar surface area (TPSA) is 54.5 Å². The number of nitrogens with zero attached hydrogens (tertiary/aromatic N) is 2. The van der Waals surface area contributed by atoms with Gasteiger partial charge in [-0.2, -0.15) is 0 Å². The molecular weight excluding hydrogens is 357 g/mol. The Morgan fingerprint density at radius 2 is 1.96 bits per heavy atom. The molecule has 0 spiro atoms. The van der Waals surface area contributed by atoms with Crippen LogP contribution in [0.5, 0.6) is 0 Å². The summed E-state index contributed by atoms with van der Waals surface area (Å²) in [6.07, 6.45) is 0.744. The summed E-state index contributed by atoms with van der Waals surface area (Å²) in [6, 6.07) is 10.2. The van der Waals surface area contributed by atoms with E-state index in [1.807, 2.05) is 39.8 Å². The van der Waals surface area contributed by atoms with Crippen LogP contribution in [0.1, 0.15) is 57.5 Å². The van der Waals surface area contributed by atoms with E-state index in [0.29, 0.717) is 18.4 Å². The highest BCUT2D eigenvalue weighted by Gasteiger charge is 2.48. The molecule has 1 fully saturated rings. The van der Waals surface area contributed by atoms with Crippen molar-refractivity contribution >= 4 is 17.5 Å². The van der Waals surface area contributed by atoms with Crippen LogP contribution in [0, 0.1) is 11.7 Å². The number of aromatic nitrogens is 1. The van der Waals surface area contributed by atoms with Crippen LogP contribution in [0.25, 0.3) is 0 Å². The lowest BCUT2D eigenvalue weighted by Gasteiger charge is -2.31. The summed E-state index contributed by atoms with van der Waals surface area (Å²) in [4.78, 5) is 19.3. The molecule has 3 unspecified atom stereocenters. The van der Waals surface area contributed by atoms with E-state index in [1.165, 1.54) is 12.1 Å². The van der Waals surface area contributed by atoms with Crippen molar-refractivity contribution in [3.63, 3.8) is 0 Å². The fraction of sp³-hybridized carbons (Fsp3) is 0.455. The molecule has 0 saturated heterocycles. The van der Waals surface area contributed by atoms with E-state index in [0.717, 1.165) is 29.2 Å². The first kappa shape index (κ1) is 18.7. The second-order valence-corrected chi connectivity index (χ2v) is 8.71. The summed E-state index contributed by atoms with van der Waals surface area (Å²) >= 11 is 0. The summed E-state index contributed by atoms with van der Waals surface area (Å²) in [5, 5.41) is 3.35. The van der Waals surface area contributed by atoms with Crippen LogP contribution < -0.4 is 10.2 Å². The molecule has 1 saturated carbocycles. The molecule has 3 atom stereocenters. The molecule has 2 aliphatic rings. The first-order chi connectivity index (χ1) is 13.2. The second-order valence-electron chi connectivity index (χ2n) is 8.71. The third-order valence-electron chi connectivity index (χ3n) is 5.19. The van der Waals surface area contributed by atoms with Crippen LogP contribution in [0.4, 0.5) is 20.6 Å². The minimum atomic E-state index is -0.529. The summed E-state index contributed by atoms with van der Waals surface area (Å²) < 4.78 is 18.7. The van der Waals surface area contributed by atoms with Crippen molar-refractivity contribution < 1.29 is 13.9 Å². The van der Waals surface area contributed by atoms with Gasteiger partial charge < -0.3 is 10.1 Å². The van der Waals surface area contributed by atoms with Crippen molar-refractivity contribution in [2.24, 2.45) is 5.92 Å². The highest BCUT2D eigenvalue weighted by atomic mass is 19.1. The monoisotopic (exact) mass is 383 g/mol. The molecule has 1 aliphatic carbocycles. The lowest BCUT2D eigenvalue weighted by molar-refractivity contribution is 0.0576. The Morgan fingerprint density at radius 3 is 2.64 bits per heavy atom. The number of benzene rings is 1. The zero-order chi connectivity index (χ0) is 20.1. The predicted molar refractivity (Wildman–Crippen MR) is 107 cm³/mol. The SMILES string of the molecule is CC(Nc1ccc(F)cc1)c1ccc2c(n1)C1CC1CN2C(=O)OC(C)(C)C. The van der Waals surface area contributed by atoms with Gasteiger partial charge in [-0.25, -0.2) is 9.18 Å². The molecular formula is C22H26FN3O2. The van der Waals surface area contributed by atoms with Crippen LogP contribution in [0.3, 0.4) is 0 Å². The standard InChI is InChI=1S/C22H26FN3O2/c1-13(24-16-7-5-15(23)6-8-16)18-9-10-19-20(25-18)17-11-14(17)12-26(19)21(27)28-22(2,3)4/h5-10,13-14,17,24H,11-12H2,1-4H3. The van der Waals surface area contributed by atoms with Crippen molar-refractivity contribution in [3.05, 3.63) is 53.6 Å². The minimum absolute atomic E-state index is 0.0372. The molecule has 6 heteroatoms. The number of hydrogen-bond acceptors (Lipinski definition) is 4. The number of nitrogens with one attached hydrogen (secondary N) is 1. The smallest absolute Gasteiger partial charge is 0.414 e. The van der Waals surface area contributed by atoms with Crippen LogP contribution in [-0.2, 0) is 4.74 Å². The Morgan fingerprint density at radius 1 is 1.25 bits per heavy atom. The first-order valence-electron chi connectivity index (χ1n) is 9.75. The molecule has 1 amide bonds. The average Bonchev–Trinajstić information content (AvgIpc) is 3.41. The van der Waals surface area contributed by atoms with Crippen molar-refractivity contribution in [2.45, 2.75) is 51.7 Å². The maximum atomic E-state index is 13.1. The Labute approximate surface area is 164 Å². The summed E-state index contributed by atoms with van der Waals surface area (Å²) in [5.74, 6) is 0.627. The van der Waals surface area contributed by atoms with Gasteiger partial charge in [0, 0.05) is 18.2 Å². The van der Waals surface area contributed by atoms with Gasteiger partial charge in [-0.3, -0.25) is 9.88 Å². The molecule has 1 aliphatic heterocycles. The number of pyridine rings is 1. The fourth-order valence-electron chi connectivity index (χ4n) is 3.70. The number of amides is 1. The van der Waals surface area contributed by atoms with Crippen molar-refractivity contribution in [2.75, 3.05) is 16.8 Å². The Bertz CT molecular complexity index is 892. The van der Waals surface area contributed by atoms with E-state index in [2.05, 4.69) is 5.32 Å². The van der Waals surface area contributed by atoms with Gasteiger partial charge in [0.2, 0.25) is 0 Å². The van der Waals surface area contributed by atoms with Crippen molar-refractivity contribution in [3.8, 4) is 0 Å². The number of carbonyl (C=O) groups excluding carboxylic acids is 1. The second kappa shape index (κ2) is 6.76. The number of halogens is 1. The summed E-state index contributed by atoms with van der Waals surface area (Å²) in [5.41, 5.74) is 3.05. The van der Waals surface area contributed by atoms with Gasteiger partial charge in [0.25, 0.3) is 0 Å². The third kappa shape index (κ3) is 3.81. The average molecular weight is 383 g/mol. The largest absolute Gasteiger partial charge is 0.443 e. The molecule has 5 nitrogen and oxygen atoms in total. The molecule has 1 aromatic carbocycles. The van der Waals surface area contributed by atoms with Crippen LogP contribution in [0.15, 0.2) is 36.4 Å². The molecule has 0 bridgehead atoms. The number of rotatable bonds is 3. The first-order valence-corrected chi connectivity index (χ1v) is 9.75. The molecule has 148 valence electrons. The molecule has 1 N–H and O–H groups in total. The van der Waals surface area contributed by atoms with E-state index in [-0.39, 0.29) is 18.0 Å². The van der Waals surface area contributed by atoms with Gasteiger partial charge in [0.05, 0.1) is 23.1 Å². The fourth-order valence-corrected chi connectivity index (χ4v) is 3.70. The molecule has 2 aromatic rings. The predicted octanol–water partition coefficient (Wildman–Crippen LogP) is 5.25. The number of anilines is 2. The van der Waals surface area contributed by atoms with E-state index >= 15 is 0 Å². The number of carbonyl (C=O) groups is 1. The maximum Gasteiger partial charge on any atom is 0.414 e. The molecule has 0 radical (unpaired) electrons. The Hall–Kier alpha value is -2.63. The number of hydrogen-bond donors (Lipinski definition) is 1. The quantitative estimate of drug-likeness (QED) is 0.786. The molecule has 4 rings (SSSR count). The van der Waals surface area contributed by atoms with E-state index in [1.54, 1.807) is 17.0 Å². The van der Waals surface area contributed by atoms with Gasteiger partial charge >= 0.3 is 6.09 Å². The number of ether oxygens (including phenoxy) is 1. The van der Waals surface area contributed by atoms with Gasteiger partial charge in [-0.1, -0.05) is 0 Å². The third-order valence-corrected chi connectivity index (χ3v) is 5.19. The Balaban J connectivity index is 1.56. The maximum absolute atomic E-state index is 13.1. The highest BCUT2D eigenvalue weighted by Crippen LogP contribution is 2.54. The normalized spacial score (nSPS) is 21.4. The van der Waals surface area contributed by atoms with Crippen molar-refractivity contribution in [1.82, 2.24) is 4.98 Å². The summed E-state index contributed by atoms with van der Waals surface area (Å²) in [6.45, 7) is 8.34. The lowest BCUT2D eigenvalue weighted by Crippen LogP contribution is -2.40. The zero-order valence-corrected chi connectivity index (χ0v) is 16.7. The molecule has 1 aromatic heterocycles. The van der Waals surface area contributed by atoms with Gasteiger partial charge in [-0.15, -0.1) is 0 Å². The van der Waals surface area contributed by atoms with Crippen LogP contribution in [-0.4, -0.2) is 23.2 Å². The highest BCUT2D eigenvalue weighted by molar-refractivity contribution is 5.90. The van der Waals surface area contributed by atoms with Crippen LogP contribution >= 0.6 is 0 Å². The van der Waals surface area contributed by atoms with Crippen LogP contribution in [0.2, 0.25) is 0 Å². The zero-order valence-electron chi connectivity index (χ0n) is 16.7. The van der Waals surface area contributed by atoms with Gasteiger partial charge in [0.15, 0.2) is 0 Å². The van der Waals surface area contributed by atoms with Gasteiger partial charge in [-0.05, 0) is 76.4 Å². The van der Waals surface area contributed by atoms with Gasteiger partial charge in [0.1, 0.15) is 11.4 Å².